The molecule has 0 aliphatic carbocycles. The molecule has 2 aliphatic rings. The molecule has 1 amide bonds. The molecule has 1 unspecified atom stereocenters. The average molecular weight is 657 g/mol. The molecule has 5 heterocycles. The van der Waals surface area contributed by atoms with Crippen LogP contribution in [0.25, 0.3) is 22.0 Å². The maximum Gasteiger partial charge on any atom is 0.257 e. The largest absolute Gasteiger partial charge is 0.331 e. The van der Waals surface area contributed by atoms with E-state index in [0.29, 0.717) is 49.6 Å². The van der Waals surface area contributed by atoms with E-state index in [1.165, 1.54) is 16.0 Å². The summed E-state index contributed by atoms with van der Waals surface area (Å²) < 4.78 is 32.5. The molecule has 4 atom stereocenters. The fraction of sp³-hybridized carbons (Fsp3) is 0.355. The normalized spacial score (nSPS) is 21.1. The van der Waals surface area contributed by atoms with Gasteiger partial charge < -0.3 is 9.47 Å². The van der Waals surface area contributed by atoms with Gasteiger partial charge in [0.25, 0.3) is 5.91 Å². The zero-order valence-electron chi connectivity index (χ0n) is 23.8. The Morgan fingerprint density at radius 2 is 2.00 bits per heavy atom. The van der Waals surface area contributed by atoms with E-state index in [-0.39, 0.29) is 18.9 Å². The molecule has 3 aromatic heterocycles. The summed E-state index contributed by atoms with van der Waals surface area (Å²) in [5.74, 6) is -0.566. The number of thiazole rings is 1. The third-order valence-corrected chi connectivity index (χ3v) is 10.0. The van der Waals surface area contributed by atoms with Gasteiger partial charge in [0.05, 0.1) is 28.6 Å². The van der Waals surface area contributed by atoms with Crippen LogP contribution in [0.2, 0.25) is 10.0 Å². The maximum absolute atomic E-state index is 15.0. The summed E-state index contributed by atoms with van der Waals surface area (Å²) in [5.41, 5.74) is 3.92. The van der Waals surface area contributed by atoms with Crippen molar-refractivity contribution in [3.8, 4) is 11.1 Å². The van der Waals surface area contributed by atoms with Crippen molar-refractivity contribution in [1.82, 2.24) is 29.2 Å². The molecule has 13 heteroatoms. The molecule has 2 aromatic carbocycles. The standard InChI is InChI=1S/C31H29Cl2F2N7OS/c1-2-40-9-7-20(24(35)15-40)17-3-5-18(6-4-17)21-12-23(32)22-14-42(39-27(22)26(21)33)29(30(43)38-31-36-8-10-44-31)28-25-11-19(34)13-41(25)16-37-28/h3-6,8,10,12,14,16,19-20,24,29H,2,7,9,11,13,15H2,1H3,(H,36,38,43)/t19-,20-,24+,29?/m1/s1. The van der Waals surface area contributed by atoms with Crippen LogP contribution in [0.5, 0.6) is 0 Å². The van der Waals surface area contributed by atoms with Gasteiger partial charge in [0, 0.05) is 53.3 Å². The highest BCUT2D eigenvalue weighted by Crippen LogP contribution is 2.40. The number of benzene rings is 2. The fourth-order valence-electron chi connectivity index (χ4n) is 6.35. The van der Waals surface area contributed by atoms with E-state index in [1.807, 2.05) is 24.3 Å². The van der Waals surface area contributed by atoms with Crippen LogP contribution >= 0.6 is 34.5 Å². The Bertz CT molecular complexity index is 1820. The van der Waals surface area contributed by atoms with Crippen LogP contribution < -0.4 is 5.32 Å². The van der Waals surface area contributed by atoms with Gasteiger partial charge in [-0.25, -0.2) is 18.7 Å². The van der Waals surface area contributed by atoms with Crippen molar-refractivity contribution >= 4 is 56.5 Å². The van der Waals surface area contributed by atoms with Crippen molar-refractivity contribution in [1.29, 1.82) is 0 Å². The molecule has 1 saturated heterocycles. The first-order chi connectivity index (χ1) is 21.3. The van der Waals surface area contributed by atoms with Crippen molar-refractivity contribution in [2.45, 2.75) is 50.6 Å². The molecule has 8 nitrogen and oxygen atoms in total. The number of halogens is 4. The van der Waals surface area contributed by atoms with Gasteiger partial charge >= 0.3 is 0 Å². The minimum absolute atomic E-state index is 0.145. The van der Waals surface area contributed by atoms with Gasteiger partial charge in [-0.05, 0) is 36.7 Å². The van der Waals surface area contributed by atoms with Crippen LogP contribution in [0, 0.1) is 0 Å². The molecular weight excluding hydrogens is 627 g/mol. The molecule has 228 valence electrons. The molecule has 0 spiro atoms. The summed E-state index contributed by atoms with van der Waals surface area (Å²) >= 11 is 15.0. The zero-order valence-corrected chi connectivity index (χ0v) is 26.1. The first kappa shape index (κ1) is 29.3. The van der Waals surface area contributed by atoms with Crippen molar-refractivity contribution in [2.24, 2.45) is 0 Å². The number of imidazole rings is 1. The number of fused-ring (bicyclic) bond motifs is 2. The third-order valence-electron chi connectivity index (χ3n) is 8.65. The number of nitrogens with zero attached hydrogens (tertiary/aromatic N) is 6. The van der Waals surface area contributed by atoms with Gasteiger partial charge in [0.1, 0.15) is 17.9 Å². The number of alkyl halides is 2. The first-order valence-corrected chi connectivity index (χ1v) is 16.2. The second-order valence-corrected chi connectivity index (χ2v) is 13.0. The number of hydrogen-bond acceptors (Lipinski definition) is 6. The molecule has 0 saturated carbocycles. The summed E-state index contributed by atoms with van der Waals surface area (Å²) in [6.07, 6.45) is 3.77. The SMILES string of the molecule is CCN1CC[C@H](c2ccc(-c3cc(Cl)c4cn(C(C(=O)Nc5nccs5)c5ncn6c5C[C@@H](F)C6)nc4c3Cl)cc2)[C@@H](F)C1. The number of anilines is 1. The number of aromatic nitrogens is 5. The summed E-state index contributed by atoms with van der Waals surface area (Å²) in [7, 11) is 0. The molecule has 0 radical (unpaired) electrons. The van der Waals surface area contributed by atoms with E-state index in [0.717, 1.165) is 30.6 Å². The van der Waals surface area contributed by atoms with Crippen molar-refractivity contribution < 1.29 is 13.6 Å². The lowest BCUT2D eigenvalue weighted by Gasteiger charge is -2.34. The van der Waals surface area contributed by atoms with Crippen LogP contribution in [0.15, 0.2) is 54.4 Å². The Labute approximate surface area is 266 Å². The molecule has 7 rings (SSSR count). The number of carbonyl (C=O) groups excluding carboxylic acids is 1. The number of likely N-dealkylation sites (tertiary alicyclic amines) is 1. The number of hydrogen-bond donors (Lipinski definition) is 1. The van der Waals surface area contributed by atoms with Gasteiger partial charge in [-0.3, -0.25) is 14.8 Å². The minimum Gasteiger partial charge on any atom is -0.331 e. The summed E-state index contributed by atoms with van der Waals surface area (Å²) in [6, 6.07) is 8.53. The van der Waals surface area contributed by atoms with E-state index in [2.05, 4.69) is 27.1 Å². The molecule has 0 bridgehead atoms. The summed E-state index contributed by atoms with van der Waals surface area (Å²) in [5, 5.41) is 11.1. The lowest BCUT2D eigenvalue weighted by Crippen LogP contribution is -2.40. The van der Waals surface area contributed by atoms with Crippen LogP contribution in [-0.2, 0) is 17.8 Å². The number of rotatable bonds is 7. The molecule has 1 fully saturated rings. The monoisotopic (exact) mass is 655 g/mol. The van der Waals surface area contributed by atoms with Gasteiger partial charge in [-0.2, -0.15) is 5.10 Å². The average Bonchev–Trinajstić information content (AvgIpc) is 3.82. The second-order valence-electron chi connectivity index (χ2n) is 11.3. The Morgan fingerprint density at radius 3 is 2.73 bits per heavy atom. The van der Waals surface area contributed by atoms with Crippen LogP contribution in [-0.4, -0.2) is 67.1 Å². The number of amides is 1. The van der Waals surface area contributed by atoms with Gasteiger partial charge in [0.15, 0.2) is 11.2 Å². The van der Waals surface area contributed by atoms with Crippen molar-refractivity contribution in [3.05, 3.63) is 81.4 Å². The molecule has 1 N–H and O–H groups in total. The molecule has 5 aromatic rings. The van der Waals surface area contributed by atoms with E-state index >= 15 is 0 Å². The van der Waals surface area contributed by atoms with Gasteiger partial charge in [-0.1, -0.05) is 54.4 Å². The van der Waals surface area contributed by atoms with Crippen molar-refractivity contribution in [3.63, 3.8) is 0 Å². The topological polar surface area (TPSA) is 80.9 Å². The summed E-state index contributed by atoms with van der Waals surface area (Å²) in [6.45, 7) is 4.42. The van der Waals surface area contributed by atoms with Gasteiger partial charge in [0.2, 0.25) is 0 Å². The highest BCUT2D eigenvalue weighted by Gasteiger charge is 2.35. The number of carbonyl (C=O) groups is 1. The third kappa shape index (κ3) is 5.29. The number of nitrogens with one attached hydrogen (secondary N) is 1. The maximum atomic E-state index is 15.0. The first-order valence-electron chi connectivity index (χ1n) is 14.5. The quantitative estimate of drug-likeness (QED) is 0.206. The Balaban J connectivity index is 1.24. The van der Waals surface area contributed by atoms with Crippen LogP contribution in [0.4, 0.5) is 13.9 Å². The second kappa shape index (κ2) is 11.8. The molecule has 44 heavy (non-hydrogen) atoms. The van der Waals surface area contributed by atoms with E-state index in [9.17, 15) is 13.6 Å². The summed E-state index contributed by atoms with van der Waals surface area (Å²) in [4.78, 5) is 24.5. The lowest BCUT2D eigenvalue weighted by atomic mass is 9.87. The Morgan fingerprint density at radius 1 is 1.18 bits per heavy atom. The highest BCUT2D eigenvalue weighted by atomic mass is 35.5. The predicted octanol–water partition coefficient (Wildman–Crippen LogP) is 6.93. The minimum atomic E-state index is -1.05. The predicted molar refractivity (Wildman–Crippen MR) is 169 cm³/mol. The van der Waals surface area contributed by atoms with E-state index < -0.39 is 24.3 Å². The van der Waals surface area contributed by atoms with E-state index in [4.69, 9.17) is 28.3 Å². The van der Waals surface area contributed by atoms with Gasteiger partial charge in [-0.15, -0.1) is 11.3 Å². The molecule has 2 aliphatic heterocycles. The smallest absolute Gasteiger partial charge is 0.257 e. The Kier molecular flexibility index (Phi) is 7.90. The lowest BCUT2D eigenvalue weighted by molar-refractivity contribution is -0.118. The fourth-order valence-corrected chi connectivity index (χ4v) is 7.44. The molecular formula is C31H29Cl2F2N7OS. The zero-order chi connectivity index (χ0) is 30.5. The van der Waals surface area contributed by atoms with Crippen LogP contribution in [0.3, 0.4) is 0 Å². The highest BCUT2D eigenvalue weighted by molar-refractivity contribution is 7.13. The van der Waals surface area contributed by atoms with Crippen LogP contribution in [0.1, 0.15) is 42.3 Å². The number of piperidine rings is 1. The van der Waals surface area contributed by atoms with E-state index in [1.54, 1.807) is 34.7 Å². The Hall–Kier alpha value is -3.38. The van der Waals surface area contributed by atoms with Crippen molar-refractivity contribution in [2.75, 3.05) is 25.0 Å².